The molecule has 7 nitrogen and oxygen atoms in total. The quantitative estimate of drug-likeness (QED) is 0.558. The molecule has 0 radical (unpaired) electrons. The summed E-state index contributed by atoms with van der Waals surface area (Å²) in [4.78, 5) is 10.3. The van der Waals surface area contributed by atoms with Crippen LogP contribution in [0.15, 0.2) is 23.1 Å². The number of nitrogens with zero attached hydrogens (tertiary/aromatic N) is 1. The summed E-state index contributed by atoms with van der Waals surface area (Å²) in [6, 6.07) is 3.55. The molecular formula is C12H19N3O4S2. The standard InChI is InChI=1S/C12H19N3O4S2/c1-4-20-8-9(2)14-21(18,19)10-5-6-11(13-3)12(7-10)15(16)17/h5-7,9,13-14H,4,8H2,1-3H3. The van der Waals surface area contributed by atoms with E-state index in [1.54, 1.807) is 25.7 Å². The number of nitro benzene ring substituents is 1. The molecule has 0 bridgehead atoms. The van der Waals surface area contributed by atoms with Gasteiger partial charge in [0.1, 0.15) is 5.69 Å². The monoisotopic (exact) mass is 333 g/mol. The fourth-order valence-electron chi connectivity index (χ4n) is 1.70. The minimum Gasteiger partial charge on any atom is -0.383 e. The molecule has 9 heteroatoms. The lowest BCUT2D eigenvalue weighted by molar-refractivity contribution is -0.384. The number of thioether (sulfide) groups is 1. The van der Waals surface area contributed by atoms with Gasteiger partial charge in [0.25, 0.3) is 5.69 Å². The van der Waals surface area contributed by atoms with Gasteiger partial charge in [0.05, 0.1) is 9.82 Å². The van der Waals surface area contributed by atoms with Crippen molar-refractivity contribution in [2.45, 2.75) is 24.8 Å². The van der Waals surface area contributed by atoms with Gasteiger partial charge in [-0.15, -0.1) is 0 Å². The highest BCUT2D eigenvalue weighted by Crippen LogP contribution is 2.27. The summed E-state index contributed by atoms with van der Waals surface area (Å²) < 4.78 is 27.0. The van der Waals surface area contributed by atoms with Gasteiger partial charge in [-0.3, -0.25) is 10.1 Å². The maximum absolute atomic E-state index is 12.2. The van der Waals surface area contributed by atoms with Crippen LogP contribution >= 0.6 is 11.8 Å². The molecular weight excluding hydrogens is 314 g/mol. The van der Waals surface area contributed by atoms with Gasteiger partial charge in [-0.05, 0) is 24.8 Å². The van der Waals surface area contributed by atoms with Crippen LogP contribution in [0.2, 0.25) is 0 Å². The summed E-state index contributed by atoms with van der Waals surface area (Å²) >= 11 is 1.62. The molecule has 1 aromatic carbocycles. The van der Waals surface area contributed by atoms with E-state index >= 15 is 0 Å². The molecule has 1 rings (SSSR count). The zero-order valence-electron chi connectivity index (χ0n) is 12.1. The summed E-state index contributed by atoms with van der Waals surface area (Å²) in [5, 5.41) is 13.6. The van der Waals surface area contributed by atoms with Crippen LogP contribution in [0.1, 0.15) is 13.8 Å². The van der Waals surface area contributed by atoms with Crippen LogP contribution < -0.4 is 10.0 Å². The Hall–Kier alpha value is -1.32. The van der Waals surface area contributed by atoms with E-state index in [1.807, 2.05) is 6.92 Å². The number of rotatable bonds is 8. The maximum atomic E-state index is 12.2. The second-order valence-corrected chi connectivity index (χ2v) is 7.40. The third-order valence-corrected chi connectivity index (χ3v) is 5.40. The number of hydrogen-bond donors (Lipinski definition) is 2. The van der Waals surface area contributed by atoms with E-state index in [1.165, 1.54) is 12.1 Å². The molecule has 21 heavy (non-hydrogen) atoms. The average molecular weight is 333 g/mol. The number of sulfonamides is 1. The predicted octanol–water partition coefficient (Wildman–Crippen LogP) is 2.06. The van der Waals surface area contributed by atoms with E-state index < -0.39 is 14.9 Å². The molecule has 0 amide bonds. The second-order valence-electron chi connectivity index (χ2n) is 4.37. The molecule has 1 unspecified atom stereocenters. The predicted molar refractivity (Wildman–Crippen MR) is 85.4 cm³/mol. The van der Waals surface area contributed by atoms with Crippen molar-refractivity contribution in [3.63, 3.8) is 0 Å². The summed E-state index contributed by atoms with van der Waals surface area (Å²) in [6.07, 6.45) is 0. The Morgan fingerprint density at radius 1 is 1.43 bits per heavy atom. The van der Waals surface area contributed by atoms with Crippen LogP contribution in [-0.4, -0.2) is 37.9 Å². The third-order valence-electron chi connectivity index (χ3n) is 2.67. The topological polar surface area (TPSA) is 101 Å². The van der Waals surface area contributed by atoms with Crippen molar-refractivity contribution in [1.82, 2.24) is 4.72 Å². The molecule has 118 valence electrons. The first kappa shape index (κ1) is 17.7. The van der Waals surface area contributed by atoms with Crippen molar-refractivity contribution < 1.29 is 13.3 Å². The van der Waals surface area contributed by atoms with Gasteiger partial charge in [0, 0.05) is 24.9 Å². The van der Waals surface area contributed by atoms with Gasteiger partial charge in [0.2, 0.25) is 10.0 Å². The van der Waals surface area contributed by atoms with Crippen molar-refractivity contribution in [1.29, 1.82) is 0 Å². The summed E-state index contributed by atoms with van der Waals surface area (Å²) in [7, 11) is -2.23. The SMILES string of the molecule is CCSCC(C)NS(=O)(=O)c1ccc(NC)c([N+](=O)[O-])c1. The molecule has 0 aromatic heterocycles. The average Bonchev–Trinajstić information content (AvgIpc) is 2.43. The fraction of sp³-hybridized carbons (Fsp3) is 0.500. The van der Waals surface area contributed by atoms with E-state index in [0.29, 0.717) is 5.75 Å². The first-order chi connectivity index (χ1) is 9.81. The van der Waals surface area contributed by atoms with Gasteiger partial charge < -0.3 is 5.32 Å². The normalized spacial score (nSPS) is 12.9. The van der Waals surface area contributed by atoms with Gasteiger partial charge in [0.15, 0.2) is 0 Å². The highest BCUT2D eigenvalue weighted by atomic mass is 32.2. The summed E-state index contributed by atoms with van der Waals surface area (Å²) in [5.74, 6) is 1.54. The third kappa shape index (κ3) is 4.87. The largest absolute Gasteiger partial charge is 0.383 e. The van der Waals surface area contributed by atoms with Crippen LogP contribution in [0.3, 0.4) is 0 Å². The van der Waals surface area contributed by atoms with Crippen LogP contribution in [0.25, 0.3) is 0 Å². The highest BCUT2D eigenvalue weighted by molar-refractivity contribution is 7.99. The van der Waals surface area contributed by atoms with E-state index in [2.05, 4.69) is 10.0 Å². The Kier molecular flexibility index (Phi) is 6.43. The Morgan fingerprint density at radius 3 is 2.62 bits per heavy atom. The molecule has 0 heterocycles. The zero-order valence-corrected chi connectivity index (χ0v) is 13.8. The summed E-state index contributed by atoms with van der Waals surface area (Å²) in [6.45, 7) is 3.75. The molecule has 0 aliphatic rings. The zero-order chi connectivity index (χ0) is 16.0. The van der Waals surface area contributed by atoms with Gasteiger partial charge in [-0.2, -0.15) is 11.8 Å². The van der Waals surface area contributed by atoms with E-state index in [9.17, 15) is 18.5 Å². The minimum atomic E-state index is -3.77. The van der Waals surface area contributed by atoms with Gasteiger partial charge in [-0.1, -0.05) is 6.92 Å². The van der Waals surface area contributed by atoms with E-state index in [-0.39, 0.29) is 22.3 Å². The number of anilines is 1. The van der Waals surface area contributed by atoms with E-state index in [0.717, 1.165) is 11.8 Å². The fourth-order valence-corrected chi connectivity index (χ4v) is 3.74. The molecule has 0 saturated heterocycles. The molecule has 0 fully saturated rings. The van der Waals surface area contributed by atoms with Crippen molar-refractivity contribution >= 4 is 33.2 Å². The van der Waals surface area contributed by atoms with Gasteiger partial charge >= 0.3 is 0 Å². The molecule has 1 atom stereocenters. The molecule has 1 aromatic rings. The molecule has 0 aliphatic carbocycles. The minimum absolute atomic E-state index is 0.110. The van der Waals surface area contributed by atoms with Crippen molar-refractivity contribution in [2.75, 3.05) is 23.9 Å². The lowest BCUT2D eigenvalue weighted by Crippen LogP contribution is -2.34. The Morgan fingerprint density at radius 2 is 2.10 bits per heavy atom. The highest BCUT2D eigenvalue weighted by Gasteiger charge is 2.22. The Labute approximate surface area is 128 Å². The van der Waals surface area contributed by atoms with Crippen molar-refractivity contribution in [2.24, 2.45) is 0 Å². The number of nitro groups is 1. The number of hydrogen-bond acceptors (Lipinski definition) is 6. The second kappa shape index (κ2) is 7.62. The lowest BCUT2D eigenvalue weighted by Gasteiger charge is -2.14. The molecule has 0 saturated carbocycles. The van der Waals surface area contributed by atoms with E-state index in [4.69, 9.17) is 0 Å². The summed E-state index contributed by atoms with van der Waals surface area (Å²) in [5.41, 5.74) is 0.00417. The Bertz CT molecular complexity index is 605. The molecule has 2 N–H and O–H groups in total. The van der Waals surface area contributed by atoms with Crippen LogP contribution in [0.5, 0.6) is 0 Å². The van der Waals surface area contributed by atoms with Crippen molar-refractivity contribution in [3.8, 4) is 0 Å². The van der Waals surface area contributed by atoms with Crippen LogP contribution in [0, 0.1) is 10.1 Å². The number of benzene rings is 1. The van der Waals surface area contributed by atoms with Crippen LogP contribution in [-0.2, 0) is 10.0 Å². The molecule has 0 aliphatic heterocycles. The Balaban J connectivity index is 3.03. The molecule has 0 spiro atoms. The first-order valence-electron chi connectivity index (χ1n) is 6.38. The number of nitrogens with one attached hydrogen (secondary N) is 2. The lowest BCUT2D eigenvalue weighted by atomic mass is 10.3. The smallest absolute Gasteiger partial charge is 0.293 e. The maximum Gasteiger partial charge on any atom is 0.293 e. The van der Waals surface area contributed by atoms with Crippen molar-refractivity contribution in [3.05, 3.63) is 28.3 Å². The van der Waals surface area contributed by atoms with Gasteiger partial charge in [-0.25, -0.2) is 13.1 Å². The first-order valence-corrected chi connectivity index (χ1v) is 9.01. The van der Waals surface area contributed by atoms with Crippen LogP contribution in [0.4, 0.5) is 11.4 Å².